The third kappa shape index (κ3) is 8.18. The van der Waals surface area contributed by atoms with E-state index in [0.717, 1.165) is 0 Å². The van der Waals surface area contributed by atoms with E-state index >= 15 is 0 Å². The zero-order chi connectivity index (χ0) is 46.7. The molecule has 7 aromatic rings. The summed E-state index contributed by atoms with van der Waals surface area (Å²) in [5.41, 5.74) is 23.0. The van der Waals surface area contributed by atoms with Crippen molar-refractivity contribution < 1.29 is 98.1 Å². The molecule has 0 aromatic heterocycles. The number of nitrogens with zero attached hydrogens (tertiary/aromatic N) is 6. The van der Waals surface area contributed by atoms with Crippen molar-refractivity contribution in [2.24, 2.45) is 0 Å². The summed E-state index contributed by atoms with van der Waals surface area (Å²) in [7, 11) is 6.49. The van der Waals surface area contributed by atoms with Gasteiger partial charge >= 0.3 is 0 Å². The molecule has 0 spiro atoms. The maximum Gasteiger partial charge on any atom is 0.0719 e. The zero-order valence-corrected chi connectivity index (χ0v) is 50.9. The second-order valence-electron chi connectivity index (χ2n) is 20.1. The summed E-state index contributed by atoms with van der Waals surface area (Å²) in [4.78, 5) is 14.2. The summed E-state index contributed by atoms with van der Waals surface area (Å²) >= 11 is 0. The van der Waals surface area contributed by atoms with Crippen LogP contribution in [-0.4, -0.2) is 49.4 Å². The van der Waals surface area contributed by atoms with Gasteiger partial charge in [0.05, 0.1) is 29.9 Å². The summed E-state index contributed by atoms with van der Waals surface area (Å²) in [5, 5.41) is 0. The van der Waals surface area contributed by atoms with Crippen LogP contribution in [0, 0.1) is 24.7 Å². The van der Waals surface area contributed by atoms with Crippen LogP contribution < -0.4 is 19.6 Å². The first-order valence-corrected chi connectivity index (χ1v) is 24.1. The Labute approximate surface area is 497 Å². The smallest absolute Gasteiger partial charge is 0.0719 e. The van der Waals surface area contributed by atoms with Crippen LogP contribution in [0.1, 0.15) is 68.0 Å². The first-order chi connectivity index (χ1) is 32.9. The van der Waals surface area contributed by atoms with Gasteiger partial charge in [-0.2, -0.15) is 34.9 Å². The van der Waals surface area contributed by atoms with E-state index in [1.54, 1.807) is 0 Å². The number of hydrogen-bond donors (Lipinski definition) is 0. The molecule has 1 aliphatic carbocycles. The Morgan fingerprint density at radius 3 is 1.55 bits per heavy atom. The largest absolute Gasteiger partial charge is 0.386 e. The van der Waals surface area contributed by atoms with Crippen molar-refractivity contribution in [1.29, 1.82) is 0 Å². The first kappa shape index (κ1) is 51.6. The van der Waals surface area contributed by atoms with E-state index in [2.05, 4.69) is 269 Å². The van der Waals surface area contributed by atoms with Crippen molar-refractivity contribution in [2.45, 2.75) is 65.5 Å². The Bertz CT molecular complexity index is 3200. The van der Waals surface area contributed by atoms with Gasteiger partial charge in [-0.3, -0.25) is 0 Å². The quantitative estimate of drug-likeness (QED) is 0.160. The van der Waals surface area contributed by atoms with E-state index in [1.807, 2.05) is 0 Å². The predicted octanol–water partition coefficient (Wildman–Crippen LogP) is 13.9. The second-order valence-corrected chi connectivity index (χ2v) is 20.1. The van der Waals surface area contributed by atoms with E-state index in [0.29, 0.717) is 18.5 Å². The molecule has 0 amide bonds. The average Bonchev–Trinajstić information content (AvgIpc) is 4.22. The minimum atomic E-state index is 0. The Kier molecular flexibility index (Phi) is 14.5. The molecule has 0 N–H and O–H groups in total. The summed E-state index contributed by atoms with van der Waals surface area (Å²) < 4.78 is 0. The third-order valence-electron chi connectivity index (χ3n) is 15.9. The molecule has 6 nitrogen and oxygen atoms in total. The van der Waals surface area contributed by atoms with E-state index < -0.39 is 0 Å². The Morgan fingerprint density at radius 1 is 0.408 bits per heavy atom. The number of para-hydroxylation sites is 2. The van der Waals surface area contributed by atoms with E-state index in [1.165, 1.54) is 113 Å². The average molecular weight is 1150 g/mol. The number of benzene rings is 7. The Hall–Kier alpha value is -4.26. The number of anilines is 5. The van der Waals surface area contributed by atoms with Crippen LogP contribution in [0.2, 0.25) is 0 Å². The maximum atomic E-state index is 2.53. The van der Waals surface area contributed by atoms with Gasteiger partial charge in [-0.15, -0.1) is 17.8 Å². The molecule has 9 heteroatoms. The van der Waals surface area contributed by atoms with Crippen LogP contribution >= 0.6 is 0 Å². The van der Waals surface area contributed by atoms with Crippen molar-refractivity contribution in [3.63, 3.8) is 0 Å². The molecule has 3 atom stereocenters. The van der Waals surface area contributed by atoms with Crippen molar-refractivity contribution in [3.05, 3.63) is 228 Å². The number of hydrogen-bond acceptors (Lipinski definition) is 6. The van der Waals surface area contributed by atoms with Crippen molar-refractivity contribution in [3.8, 4) is 33.4 Å². The molecule has 7 aliphatic rings. The number of likely N-dealkylation sites (N-methyl/N-ethyl adjacent to an activating group) is 3. The van der Waals surface area contributed by atoms with Gasteiger partial charge in [-0.1, -0.05) is 195 Å². The molecule has 349 valence electrons. The van der Waals surface area contributed by atoms with Crippen LogP contribution in [0.5, 0.6) is 0 Å². The van der Waals surface area contributed by atoms with E-state index in [-0.39, 0.29) is 104 Å². The predicted molar refractivity (Wildman–Crippen MR) is 284 cm³/mol. The van der Waals surface area contributed by atoms with Gasteiger partial charge in [0.1, 0.15) is 0 Å². The Morgan fingerprint density at radius 2 is 0.915 bits per heavy atom. The summed E-state index contributed by atoms with van der Waals surface area (Å²) in [6.07, 6.45) is 9.63. The number of rotatable bonds is 2. The number of fused-ring (bicyclic) bond motifs is 14. The maximum absolute atomic E-state index is 2.53. The SMILES string of the molecule is C[C-]1c2cc(-c3ccccc3)ccc2N2C=CN(C)C12.C[C-]1c2cc3c(cc2N2c4ccccc4N(C)C12)C(C)(C)c1ccccc1-3.Cc1ccccc1-c1ccc2c(c1)[C-](C)C1N(C)C=CN21.[Y].[Y].[Y]. The van der Waals surface area contributed by atoms with Crippen LogP contribution in [0.15, 0.2) is 176 Å². The monoisotopic (exact) mass is 1150 g/mol. The summed E-state index contributed by atoms with van der Waals surface area (Å²) in [5.74, 6) is 4.28. The molecular formula is C62H59N6Y3-3. The van der Waals surface area contributed by atoms with Gasteiger partial charge in [0, 0.05) is 149 Å². The second kappa shape index (κ2) is 19.9. The van der Waals surface area contributed by atoms with Gasteiger partial charge in [0.2, 0.25) is 0 Å². The molecule has 3 unspecified atom stereocenters. The fourth-order valence-corrected chi connectivity index (χ4v) is 12.4. The van der Waals surface area contributed by atoms with Crippen molar-refractivity contribution >= 4 is 28.4 Å². The molecular weight excluding hydrogens is 1100 g/mol. The minimum absolute atomic E-state index is 0. The molecule has 7 aromatic carbocycles. The molecule has 0 saturated carbocycles. The van der Waals surface area contributed by atoms with Crippen LogP contribution in [-0.2, 0) is 104 Å². The van der Waals surface area contributed by atoms with Crippen molar-refractivity contribution in [1.82, 2.24) is 9.80 Å². The Balaban J connectivity index is 0.000000131. The van der Waals surface area contributed by atoms with Crippen LogP contribution in [0.3, 0.4) is 0 Å². The molecule has 0 bridgehead atoms. The van der Waals surface area contributed by atoms with Gasteiger partial charge in [-0.25, -0.2) is 0 Å². The van der Waals surface area contributed by atoms with Gasteiger partial charge in [0.25, 0.3) is 0 Å². The van der Waals surface area contributed by atoms with Gasteiger partial charge < -0.3 is 29.4 Å². The van der Waals surface area contributed by atoms with Gasteiger partial charge in [-0.05, 0) is 46.9 Å². The standard InChI is InChI=1S/C25H23N2.C19H19N2.C18H17N2.3Y/c1-15-17-13-18-16-9-5-6-10-19(16)25(2,3)20(18)14-23(17)27-22-12-8-7-11-21(22)26(4)24(15)27;1-13-6-4-5-7-16(13)15-8-9-18-17(12-15)14(2)19-20(3)10-11-21(18)19;1-13-16-12-15(14-6-4-3-5-7-14)8-9-17(16)20-11-10-19(2)18(13)20;;;/h5-14,24H,1-4H3;4-12,19H,1-3H3;3-12,18H,1-2H3;;;/q3*-1;;;. The van der Waals surface area contributed by atoms with E-state index in [9.17, 15) is 0 Å². The topological polar surface area (TPSA) is 19.4 Å². The van der Waals surface area contributed by atoms with Crippen LogP contribution in [0.25, 0.3) is 33.4 Å². The molecule has 6 heterocycles. The van der Waals surface area contributed by atoms with Gasteiger partial charge in [0.15, 0.2) is 0 Å². The molecule has 0 saturated heterocycles. The van der Waals surface area contributed by atoms with Crippen LogP contribution in [0.4, 0.5) is 28.4 Å². The normalized spacial score (nSPS) is 18.9. The third-order valence-corrected chi connectivity index (χ3v) is 15.9. The number of aryl methyl sites for hydroxylation is 1. The molecule has 14 rings (SSSR count). The minimum Gasteiger partial charge on any atom is -0.386 e. The fourth-order valence-electron chi connectivity index (χ4n) is 12.4. The molecule has 71 heavy (non-hydrogen) atoms. The first-order valence-electron chi connectivity index (χ1n) is 24.1. The van der Waals surface area contributed by atoms with E-state index in [4.69, 9.17) is 0 Å². The fraction of sp³-hybridized carbons (Fsp3) is 0.210. The summed E-state index contributed by atoms with van der Waals surface area (Å²) in [6.45, 7) is 13.7. The molecule has 6 aliphatic heterocycles. The zero-order valence-electron chi connectivity index (χ0n) is 42.4. The summed E-state index contributed by atoms with van der Waals surface area (Å²) in [6, 6.07) is 55.3. The molecule has 3 radical (unpaired) electrons. The molecule has 0 fully saturated rings. The van der Waals surface area contributed by atoms with Crippen molar-refractivity contribution in [2.75, 3.05) is 40.7 Å².